The molecule has 0 aliphatic rings. The number of esters is 1. The van der Waals surface area contributed by atoms with Crippen LogP contribution >= 0.6 is 11.3 Å². The third-order valence-corrected chi connectivity index (χ3v) is 5.97. The molecule has 0 saturated heterocycles. The van der Waals surface area contributed by atoms with E-state index in [9.17, 15) is 13.2 Å². The van der Waals surface area contributed by atoms with Gasteiger partial charge in [-0.05, 0) is 42.6 Å². The summed E-state index contributed by atoms with van der Waals surface area (Å²) in [6, 6.07) is 10.1. The van der Waals surface area contributed by atoms with Crippen LogP contribution in [0.1, 0.15) is 17.8 Å². The molecule has 1 aromatic carbocycles. The predicted molar refractivity (Wildman–Crippen MR) is 98.4 cm³/mol. The molecule has 0 aliphatic heterocycles. The highest BCUT2D eigenvalue weighted by Crippen LogP contribution is 2.22. The maximum absolute atomic E-state index is 11.9. The van der Waals surface area contributed by atoms with Crippen molar-refractivity contribution in [3.8, 4) is 10.8 Å². The molecule has 2 heterocycles. The Labute approximate surface area is 160 Å². The van der Waals surface area contributed by atoms with Gasteiger partial charge in [0.1, 0.15) is 0 Å². The number of rotatable bonds is 8. The largest absolute Gasteiger partial charge is 0.457 e. The third kappa shape index (κ3) is 5.00. The first kappa shape index (κ1) is 19.2. The molecule has 0 aliphatic carbocycles. The van der Waals surface area contributed by atoms with Crippen LogP contribution in [0.4, 0.5) is 0 Å². The molecule has 2 aromatic heterocycles. The van der Waals surface area contributed by atoms with Crippen molar-refractivity contribution in [3.05, 3.63) is 53.2 Å². The lowest BCUT2D eigenvalue weighted by Gasteiger charge is -2.05. The van der Waals surface area contributed by atoms with Crippen molar-refractivity contribution in [3.63, 3.8) is 0 Å². The van der Waals surface area contributed by atoms with Gasteiger partial charge in [-0.25, -0.2) is 13.1 Å². The molecule has 0 unspecified atom stereocenters. The maximum atomic E-state index is 11.9. The number of nitrogens with one attached hydrogen (secondary N) is 1. The van der Waals surface area contributed by atoms with Crippen molar-refractivity contribution in [2.45, 2.75) is 24.3 Å². The van der Waals surface area contributed by atoms with E-state index < -0.39 is 16.0 Å². The molecule has 142 valence electrons. The van der Waals surface area contributed by atoms with Crippen molar-refractivity contribution < 1.29 is 22.5 Å². The number of hydrogen-bond donors (Lipinski definition) is 1. The summed E-state index contributed by atoms with van der Waals surface area (Å²) in [7, 11) is -2.11. The molecule has 0 fully saturated rings. The Balaban J connectivity index is 1.47. The molecule has 0 saturated carbocycles. The van der Waals surface area contributed by atoms with Crippen molar-refractivity contribution in [2.75, 3.05) is 7.05 Å². The number of benzene rings is 1. The highest BCUT2D eigenvalue weighted by atomic mass is 32.2. The van der Waals surface area contributed by atoms with E-state index in [1.165, 1.54) is 30.5 Å². The number of nitrogens with zero attached hydrogens (tertiary/aromatic N) is 2. The molecule has 1 N–H and O–H groups in total. The minimum Gasteiger partial charge on any atom is -0.457 e. The third-order valence-electron chi connectivity index (χ3n) is 3.68. The quantitative estimate of drug-likeness (QED) is 0.571. The molecule has 8 nitrogen and oxygen atoms in total. The summed E-state index contributed by atoms with van der Waals surface area (Å²) >= 11 is 1.48. The number of thiophene rings is 1. The van der Waals surface area contributed by atoms with E-state index in [0.717, 1.165) is 10.4 Å². The second-order valence-electron chi connectivity index (χ2n) is 5.51. The molecule has 3 rings (SSSR count). The maximum Gasteiger partial charge on any atom is 0.306 e. The van der Waals surface area contributed by atoms with Crippen molar-refractivity contribution in [1.82, 2.24) is 14.9 Å². The Hall–Kier alpha value is -2.56. The first-order valence-corrected chi connectivity index (χ1v) is 10.4. The number of carbonyl (C=O) groups excluding carboxylic acids is 1. The van der Waals surface area contributed by atoms with E-state index in [4.69, 9.17) is 9.26 Å². The summed E-state index contributed by atoms with van der Waals surface area (Å²) in [4.78, 5) is 17.1. The van der Waals surface area contributed by atoms with Crippen LogP contribution in [0.5, 0.6) is 0 Å². The summed E-state index contributed by atoms with van der Waals surface area (Å²) < 4.78 is 35.9. The molecule has 3 aromatic rings. The lowest BCUT2D eigenvalue weighted by molar-refractivity contribution is -0.145. The number of sulfonamides is 1. The first-order chi connectivity index (χ1) is 13.0. The molecule has 0 bridgehead atoms. The molecular weight excluding hydrogens is 390 g/mol. The molecular formula is C17H17N3O5S2. The summed E-state index contributed by atoms with van der Waals surface area (Å²) in [6.45, 7) is -0.0624. The van der Waals surface area contributed by atoms with Gasteiger partial charge >= 0.3 is 5.97 Å². The fourth-order valence-electron chi connectivity index (χ4n) is 2.23. The van der Waals surface area contributed by atoms with Gasteiger partial charge in [-0.3, -0.25) is 4.79 Å². The van der Waals surface area contributed by atoms with E-state index in [-0.39, 0.29) is 17.9 Å². The molecule has 27 heavy (non-hydrogen) atoms. The van der Waals surface area contributed by atoms with E-state index in [1.807, 2.05) is 17.5 Å². The number of carbonyl (C=O) groups is 1. The Morgan fingerprint density at radius 3 is 2.70 bits per heavy atom. The Kier molecular flexibility index (Phi) is 5.99. The predicted octanol–water partition coefficient (Wildman–Crippen LogP) is 2.38. The zero-order chi connectivity index (χ0) is 19.3. The molecule has 0 amide bonds. The zero-order valence-corrected chi connectivity index (χ0v) is 16.0. The number of aryl methyl sites for hydroxylation is 1. The van der Waals surface area contributed by atoms with Crippen molar-refractivity contribution in [2.24, 2.45) is 0 Å². The van der Waals surface area contributed by atoms with Crippen LogP contribution in [0, 0.1) is 0 Å². The van der Waals surface area contributed by atoms with Crippen LogP contribution in [-0.2, 0) is 32.6 Å². The molecule has 0 atom stereocenters. The fraction of sp³-hybridized carbons (Fsp3) is 0.235. The van der Waals surface area contributed by atoms with Gasteiger partial charge in [-0.15, -0.1) is 11.3 Å². The van der Waals surface area contributed by atoms with Gasteiger partial charge in [0.25, 0.3) is 5.89 Å². The van der Waals surface area contributed by atoms with Crippen LogP contribution in [0.3, 0.4) is 0 Å². The second kappa shape index (κ2) is 8.42. The van der Waals surface area contributed by atoms with Crippen LogP contribution < -0.4 is 4.72 Å². The zero-order valence-electron chi connectivity index (χ0n) is 14.4. The number of aromatic nitrogens is 2. The lowest BCUT2D eigenvalue weighted by atomic mass is 10.1. The smallest absolute Gasteiger partial charge is 0.306 e. The summed E-state index contributed by atoms with van der Waals surface area (Å²) in [6.07, 6.45) is 0.596. The van der Waals surface area contributed by atoms with Crippen molar-refractivity contribution >= 4 is 27.3 Å². The van der Waals surface area contributed by atoms with E-state index in [0.29, 0.717) is 18.1 Å². The Morgan fingerprint density at radius 2 is 2.04 bits per heavy atom. The number of ether oxygens (including phenoxy) is 1. The van der Waals surface area contributed by atoms with E-state index >= 15 is 0 Å². The van der Waals surface area contributed by atoms with Gasteiger partial charge in [0, 0.05) is 6.42 Å². The van der Waals surface area contributed by atoms with Gasteiger partial charge in [-0.1, -0.05) is 23.4 Å². The fourth-order valence-corrected chi connectivity index (χ4v) is 3.60. The monoisotopic (exact) mass is 407 g/mol. The van der Waals surface area contributed by atoms with Crippen LogP contribution in [0.15, 0.2) is 51.2 Å². The molecule has 10 heteroatoms. The van der Waals surface area contributed by atoms with Crippen LogP contribution in [0.2, 0.25) is 0 Å². The van der Waals surface area contributed by atoms with E-state index in [2.05, 4.69) is 14.9 Å². The van der Waals surface area contributed by atoms with Crippen LogP contribution in [0.25, 0.3) is 10.8 Å². The molecule has 0 radical (unpaired) electrons. The minimum atomic E-state index is -3.46. The topological polar surface area (TPSA) is 111 Å². The van der Waals surface area contributed by atoms with Crippen LogP contribution in [-0.4, -0.2) is 31.6 Å². The first-order valence-electron chi connectivity index (χ1n) is 8.02. The van der Waals surface area contributed by atoms with Gasteiger partial charge < -0.3 is 9.26 Å². The standard InChI is InChI=1S/C17H17N3O5S2/c1-18-27(22,23)13-7-4-12(5-8-13)6-9-16(21)24-11-15-19-17(25-20-15)14-3-2-10-26-14/h2-5,7-8,10,18H,6,9,11H2,1H3. The Morgan fingerprint density at radius 1 is 1.26 bits per heavy atom. The van der Waals surface area contributed by atoms with Crippen molar-refractivity contribution in [1.29, 1.82) is 0 Å². The highest BCUT2D eigenvalue weighted by Gasteiger charge is 2.13. The van der Waals surface area contributed by atoms with Gasteiger partial charge in [0.05, 0.1) is 9.77 Å². The second-order valence-corrected chi connectivity index (χ2v) is 8.34. The summed E-state index contributed by atoms with van der Waals surface area (Å²) in [5.74, 6) is 0.297. The average Bonchev–Trinajstić information content (AvgIpc) is 3.36. The van der Waals surface area contributed by atoms with Gasteiger partial charge in [0.15, 0.2) is 6.61 Å². The summed E-state index contributed by atoms with van der Waals surface area (Å²) in [5, 5.41) is 5.69. The van der Waals surface area contributed by atoms with Gasteiger partial charge in [-0.2, -0.15) is 4.98 Å². The average molecular weight is 407 g/mol. The number of hydrogen-bond acceptors (Lipinski definition) is 8. The summed E-state index contributed by atoms with van der Waals surface area (Å²) in [5.41, 5.74) is 0.835. The minimum absolute atomic E-state index is 0.0624. The van der Waals surface area contributed by atoms with Gasteiger partial charge in [0.2, 0.25) is 15.8 Å². The van der Waals surface area contributed by atoms with E-state index in [1.54, 1.807) is 12.1 Å². The Bertz CT molecular complexity index is 996. The highest BCUT2D eigenvalue weighted by molar-refractivity contribution is 7.89. The molecule has 0 spiro atoms. The normalized spacial score (nSPS) is 11.4. The SMILES string of the molecule is CNS(=O)(=O)c1ccc(CCC(=O)OCc2noc(-c3cccs3)n2)cc1. The lowest BCUT2D eigenvalue weighted by Crippen LogP contribution is -2.18.